The largest absolute Gasteiger partial charge is 0.468 e. The maximum atomic E-state index is 10.9. The molecule has 0 radical (unpaired) electrons. The molecule has 0 unspecified atom stereocenters. The molecule has 0 fully saturated rings. The van der Waals surface area contributed by atoms with Crippen LogP contribution in [0.5, 0.6) is 0 Å². The minimum atomic E-state index is -0.142. The molecule has 0 aromatic heterocycles. The van der Waals surface area contributed by atoms with E-state index < -0.39 is 0 Å². The first-order valence-corrected chi connectivity index (χ1v) is 4.53. The van der Waals surface area contributed by atoms with E-state index in [9.17, 15) is 4.79 Å². The Hall–Kier alpha value is -0.570. The Balaban J connectivity index is 3.68. The first-order valence-electron chi connectivity index (χ1n) is 4.53. The van der Waals surface area contributed by atoms with E-state index in [4.69, 9.17) is 0 Å². The Morgan fingerprint density at radius 2 is 1.75 bits per heavy atom. The molecule has 72 valence electrons. The highest BCUT2D eigenvalue weighted by atomic mass is 16.5. The van der Waals surface area contributed by atoms with Crippen LogP contribution in [0.3, 0.4) is 0 Å². The van der Waals surface area contributed by atoms with Crippen molar-refractivity contribution in [3.63, 3.8) is 0 Å². The number of esters is 1. The lowest BCUT2D eigenvalue weighted by molar-refractivity contribution is -0.141. The average molecular weight is 173 g/mol. The van der Waals surface area contributed by atoms with Gasteiger partial charge < -0.3 is 4.74 Å². The molecular formula is C9H19NO2. The lowest BCUT2D eigenvalue weighted by Gasteiger charge is -2.18. The van der Waals surface area contributed by atoms with Gasteiger partial charge in [0.25, 0.3) is 0 Å². The summed E-state index contributed by atoms with van der Waals surface area (Å²) in [5.41, 5.74) is 0. The third-order valence-corrected chi connectivity index (χ3v) is 1.66. The quantitative estimate of drug-likeness (QED) is 0.567. The van der Waals surface area contributed by atoms with Crippen LogP contribution in [-0.2, 0) is 9.53 Å². The van der Waals surface area contributed by atoms with Gasteiger partial charge in [0.1, 0.15) is 0 Å². The van der Waals surface area contributed by atoms with E-state index in [-0.39, 0.29) is 5.97 Å². The smallest absolute Gasteiger partial charge is 0.319 e. The van der Waals surface area contributed by atoms with E-state index in [0.29, 0.717) is 6.54 Å². The van der Waals surface area contributed by atoms with Crippen molar-refractivity contribution in [2.45, 2.75) is 26.7 Å². The molecule has 0 aliphatic rings. The van der Waals surface area contributed by atoms with Crippen molar-refractivity contribution in [2.24, 2.45) is 0 Å². The van der Waals surface area contributed by atoms with E-state index in [1.54, 1.807) is 0 Å². The number of hydrogen-bond acceptors (Lipinski definition) is 3. The van der Waals surface area contributed by atoms with E-state index in [2.05, 4.69) is 23.5 Å². The van der Waals surface area contributed by atoms with Crippen LogP contribution in [0.15, 0.2) is 0 Å². The van der Waals surface area contributed by atoms with Crippen molar-refractivity contribution in [3.8, 4) is 0 Å². The summed E-state index contributed by atoms with van der Waals surface area (Å²) < 4.78 is 4.59. The fourth-order valence-corrected chi connectivity index (χ4v) is 1.15. The summed E-state index contributed by atoms with van der Waals surface area (Å²) in [6.45, 7) is 6.60. The Bertz CT molecular complexity index is 120. The van der Waals surface area contributed by atoms with Crippen LogP contribution >= 0.6 is 0 Å². The van der Waals surface area contributed by atoms with Crippen molar-refractivity contribution >= 4 is 5.97 Å². The number of ether oxygens (including phenoxy) is 1. The number of rotatable bonds is 6. The van der Waals surface area contributed by atoms with Gasteiger partial charge in [-0.2, -0.15) is 0 Å². The van der Waals surface area contributed by atoms with Crippen molar-refractivity contribution in [3.05, 3.63) is 0 Å². The molecule has 0 heterocycles. The molecule has 0 rings (SSSR count). The molecule has 0 N–H and O–H groups in total. The highest BCUT2D eigenvalue weighted by Gasteiger charge is 2.07. The maximum Gasteiger partial charge on any atom is 0.319 e. The first-order chi connectivity index (χ1) is 5.74. The minimum Gasteiger partial charge on any atom is -0.468 e. The number of carbonyl (C=O) groups excluding carboxylic acids is 1. The lowest BCUT2D eigenvalue weighted by Crippen LogP contribution is -2.31. The van der Waals surface area contributed by atoms with Gasteiger partial charge in [-0.15, -0.1) is 0 Å². The molecule has 0 spiro atoms. The second-order valence-corrected chi connectivity index (χ2v) is 2.85. The second kappa shape index (κ2) is 7.10. The normalized spacial score (nSPS) is 10.3. The molecular weight excluding hydrogens is 154 g/mol. The van der Waals surface area contributed by atoms with Gasteiger partial charge in [-0.1, -0.05) is 13.8 Å². The molecule has 3 heteroatoms. The predicted molar refractivity (Wildman–Crippen MR) is 49.0 cm³/mol. The third kappa shape index (κ3) is 5.13. The topological polar surface area (TPSA) is 29.5 Å². The Labute approximate surface area is 74.7 Å². The van der Waals surface area contributed by atoms with Gasteiger partial charge in [-0.05, 0) is 25.9 Å². The molecule has 0 aliphatic carbocycles. The lowest BCUT2D eigenvalue weighted by atomic mass is 10.3. The number of hydrogen-bond donors (Lipinski definition) is 0. The zero-order valence-corrected chi connectivity index (χ0v) is 8.30. The van der Waals surface area contributed by atoms with Gasteiger partial charge in [0.05, 0.1) is 13.7 Å². The third-order valence-electron chi connectivity index (χ3n) is 1.66. The second-order valence-electron chi connectivity index (χ2n) is 2.85. The summed E-state index contributed by atoms with van der Waals surface area (Å²) in [7, 11) is 1.43. The highest BCUT2D eigenvalue weighted by Crippen LogP contribution is 1.94. The van der Waals surface area contributed by atoms with E-state index in [1.165, 1.54) is 7.11 Å². The maximum absolute atomic E-state index is 10.9. The fraction of sp³-hybridized carbons (Fsp3) is 0.889. The summed E-state index contributed by atoms with van der Waals surface area (Å²) in [5.74, 6) is -0.142. The molecule has 0 saturated carbocycles. The molecule has 0 aromatic rings. The van der Waals surface area contributed by atoms with Crippen molar-refractivity contribution in [1.29, 1.82) is 0 Å². The standard InChI is InChI=1S/C9H19NO2/c1-4-6-10(7-5-2)8-9(11)12-3/h4-8H2,1-3H3. The van der Waals surface area contributed by atoms with Crippen LogP contribution in [-0.4, -0.2) is 37.6 Å². The molecule has 0 amide bonds. The molecule has 0 atom stereocenters. The molecule has 3 nitrogen and oxygen atoms in total. The molecule has 12 heavy (non-hydrogen) atoms. The summed E-state index contributed by atoms with van der Waals surface area (Å²) in [6.07, 6.45) is 2.16. The number of methoxy groups -OCH3 is 1. The minimum absolute atomic E-state index is 0.142. The summed E-state index contributed by atoms with van der Waals surface area (Å²) in [5, 5.41) is 0. The fourth-order valence-electron chi connectivity index (χ4n) is 1.15. The zero-order valence-electron chi connectivity index (χ0n) is 8.30. The van der Waals surface area contributed by atoms with Crippen molar-refractivity contribution < 1.29 is 9.53 Å². The van der Waals surface area contributed by atoms with Gasteiger partial charge in [0.2, 0.25) is 0 Å². The van der Waals surface area contributed by atoms with E-state index >= 15 is 0 Å². The van der Waals surface area contributed by atoms with Gasteiger partial charge in [-0.25, -0.2) is 0 Å². The van der Waals surface area contributed by atoms with Gasteiger partial charge in [0, 0.05) is 0 Å². The molecule has 0 saturated heterocycles. The summed E-state index contributed by atoms with van der Waals surface area (Å²) >= 11 is 0. The van der Waals surface area contributed by atoms with E-state index in [0.717, 1.165) is 25.9 Å². The zero-order chi connectivity index (χ0) is 9.40. The van der Waals surface area contributed by atoms with E-state index in [1.807, 2.05) is 0 Å². The van der Waals surface area contributed by atoms with Crippen LogP contribution < -0.4 is 0 Å². The van der Waals surface area contributed by atoms with Crippen LogP contribution in [0.4, 0.5) is 0 Å². The van der Waals surface area contributed by atoms with Crippen LogP contribution in [0.2, 0.25) is 0 Å². The van der Waals surface area contributed by atoms with Gasteiger partial charge >= 0.3 is 5.97 Å². The molecule has 0 bridgehead atoms. The summed E-state index contributed by atoms with van der Waals surface area (Å²) in [6, 6.07) is 0. The Kier molecular flexibility index (Phi) is 6.76. The predicted octanol–water partition coefficient (Wildman–Crippen LogP) is 1.28. The highest BCUT2D eigenvalue weighted by molar-refractivity contribution is 5.71. The summed E-state index contributed by atoms with van der Waals surface area (Å²) in [4.78, 5) is 13.0. The monoisotopic (exact) mass is 173 g/mol. The van der Waals surface area contributed by atoms with Crippen molar-refractivity contribution in [1.82, 2.24) is 4.90 Å². The van der Waals surface area contributed by atoms with Crippen LogP contribution in [0, 0.1) is 0 Å². The average Bonchev–Trinajstić information content (AvgIpc) is 2.05. The number of carbonyl (C=O) groups is 1. The molecule has 0 aromatic carbocycles. The molecule has 0 aliphatic heterocycles. The number of nitrogens with zero attached hydrogens (tertiary/aromatic N) is 1. The van der Waals surface area contributed by atoms with Crippen LogP contribution in [0.25, 0.3) is 0 Å². The Morgan fingerprint density at radius 3 is 2.08 bits per heavy atom. The first kappa shape index (κ1) is 11.4. The Morgan fingerprint density at radius 1 is 1.25 bits per heavy atom. The van der Waals surface area contributed by atoms with Gasteiger partial charge in [-0.3, -0.25) is 9.69 Å². The SMILES string of the molecule is CCCN(CCC)CC(=O)OC. The van der Waals surface area contributed by atoms with Crippen LogP contribution in [0.1, 0.15) is 26.7 Å². The van der Waals surface area contributed by atoms with Crippen molar-refractivity contribution in [2.75, 3.05) is 26.7 Å². The van der Waals surface area contributed by atoms with Gasteiger partial charge in [0.15, 0.2) is 0 Å².